The van der Waals surface area contributed by atoms with E-state index in [1.165, 1.54) is 34.2 Å². The zero-order chi connectivity index (χ0) is 14.5. The lowest BCUT2D eigenvalue weighted by molar-refractivity contribution is 0.559. The van der Waals surface area contributed by atoms with E-state index in [9.17, 15) is 0 Å². The van der Waals surface area contributed by atoms with Crippen LogP contribution in [0.2, 0.25) is 0 Å². The van der Waals surface area contributed by atoms with Gasteiger partial charge in [-0.05, 0) is 45.2 Å². The molecule has 1 aromatic rings. The van der Waals surface area contributed by atoms with E-state index in [1.54, 1.807) is 0 Å². The van der Waals surface area contributed by atoms with Crippen LogP contribution < -0.4 is 5.32 Å². The normalized spacial score (nSPS) is 13.8. The van der Waals surface area contributed by atoms with Crippen LogP contribution in [0.1, 0.15) is 62.2 Å². The maximum absolute atomic E-state index is 4.74. The van der Waals surface area contributed by atoms with Crippen LogP contribution in [-0.2, 0) is 5.41 Å². The molecule has 1 unspecified atom stereocenters. The Hall–Kier alpha value is -0.0600. The van der Waals surface area contributed by atoms with E-state index in [2.05, 4.69) is 46.2 Å². The molecule has 0 aliphatic rings. The molecule has 1 heterocycles. The lowest BCUT2D eigenvalue weighted by atomic mass is 9.98. The minimum absolute atomic E-state index is 0.158. The highest BCUT2D eigenvalue weighted by atomic mass is 32.2. The van der Waals surface area contributed by atoms with Gasteiger partial charge in [0.2, 0.25) is 0 Å². The number of aryl methyl sites for hydroxylation is 1. The monoisotopic (exact) mass is 300 g/mol. The van der Waals surface area contributed by atoms with Crippen molar-refractivity contribution in [3.05, 3.63) is 15.6 Å². The molecule has 0 saturated carbocycles. The van der Waals surface area contributed by atoms with E-state index >= 15 is 0 Å². The lowest BCUT2D eigenvalue weighted by Crippen LogP contribution is -2.19. The summed E-state index contributed by atoms with van der Waals surface area (Å²) in [6, 6.07) is 0.419. The fourth-order valence-electron chi connectivity index (χ4n) is 1.91. The highest BCUT2D eigenvalue weighted by molar-refractivity contribution is 7.98. The summed E-state index contributed by atoms with van der Waals surface area (Å²) in [5.74, 6) is 1.27. The standard InChI is InChI=1S/C15H28N2S2/c1-11(16-9-7-8-10-18-6)13-12(2)17-14(19-13)15(3,4)5/h11,16H,7-10H2,1-6H3. The van der Waals surface area contributed by atoms with Gasteiger partial charge < -0.3 is 5.32 Å². The highest BCUT2D eigenvalue weighted by Gasteiger charge is 2.22. The molecule has 0 fully saturated rings. The van der Waals surface area contributed by atoms with E-state index in [0.29, 0.717) is 6.04 Å². The summed E-state index contributed by atoms with van der Waals surface area (Å²) in [4.78, 5) is 6.13. The van der Waals surface area contributed by atoms with Crippen LogP contribution in [-0.4, -0.2) is 23.5 Å². The topological polar surface area (TPSA) is 24.9 Å². The Kier molecular flexibility index (Phi) is 6.84. The number of thioether (sulfide) groups is 1. The van der Waals surface area contributed by atoms with Crippen molar-refractivity contribution < 1.29 is 0 Å². The van der Waals surface area contributed by atoms with E-state index in [0.717, 1.165) is 6.54 Å². The van der Waals surface area contributed by atoms with Gasteiger partial charge in [0, 0.05) is 16.3 Å². The SMILES string of the molecule is CSCCCCNC(C)c1sc(C(C)(C)C)nc1C. The Morgan fingerprint density at radius 1 is 1.32 bits per heavy atom. The Balaban J connectivity index is 2.52. The summed E-state index contributed by atoms with van der Waals surface area (Å²) < 4.78 is 0. The van der Waals surface area contributed by atoms with Crippen LogP contribution in [0.15, 0.2) is 0 Å². The van der Waals surface area contributed by atoms with Crippen molar-refractivity contribution in [3.8, 4) is 0 Å². The molecular formula is C15H28N2S2. The molecule has 4 heteroatoms. The minimum atomic E-state index is 0.158. The Labute approximate surface area is 126 Å². The van der Waals surface area contributed by atoms with E-state index in [-0.39, 0.29) is 5.41 Å². The molecule has 1 rings (SSSR count). The van der Waals surface area contributed by atoms with Gasteiger partial charge in [0.15, 0.2) is 0 Å². The van der Waals surface area contributed by atoms with E-state index in [1.807, 2.05) is 23.1 Å². The zero-order valence-electron chi connectivity index (χ0n) is 13.2. The first-order valence-electron chi connectivity index (χ1n) is 7.06. The van der Waals surface area contributed by atoms with E-state index < -0.39 is 0 Å². The molecule has 0 saturated heterocycles. The summed E-state index contributed by atoms with van der Waals surface area (Å²) in [6.07, 6.45) is 4.73. The maximum atomic E-state index is 4.74. The fraction of sp³-hybridized carbons (Fsp3) is 0.800. The number of thiazole rings is 1. The van der Waals surface area contributed by atoms with Crippen LogP contribution in [0.25, 0.3) is 0 Å². The van der Waals surface area contributed by atoms with Crippen molar-refractivity contribution in [3.63, 3.8) is 0 Å². The molecule has 0 bridgehead atoms. The van der Waals surface area contributed by atoms with Crippen LogP contribution in [0.4, 0.5) is 0 Å². The number of rotatable bonds is 7. The second-order valence-electron chi connectivity index (χ2n) is 6.09. The molecule has 1 N–H and O–H groups in total. The smallest absolute Gasteiger partial charge is 0.0985 e. The van der Waals surface area contributed by atoms with E-state index in [4.69, 9.17) is 4.98 Å². The second-order valence-corrected chi connectivity index (χ2v) is 8.11. The van der Waals surface area contributed by atoms with Crippen LogP contribution in [0.3, 0.4) is 0 Å². The summed E-state index contributed by atoms with van der Waals surface area (Å²) in [5.41, 5.74) is 1.35. The molecule has 1 aromatic heterocycles. The molecule has 1 atom stereocenters. The summed E-state index contributed by atoms with van der Waals surface area (Å²) in [7, 11) is 0. The lowest BCUT2D eigenvalue weighted by Gasteiger charge is -2.14. The Bertz CT molecular complexity index is 380. The van der Waals surface area contributed by atoms with Crippen LogP contribution in [0, 0.1) is 6.92 Å². The maximum Gasteiger partial charge on any atom is 0.0985 e. The fourth-order valence-corrected chi connectivity index (χ4v) is 3.56. The van der Waals surface area contributed by atoms with Gasteiger partial charge in [-0.1, -0.05) is 20.8 Å². The van der Waals surface area contributed by atoms with Gasteiger partial charge in [-0.15, -0.1) is 11.3 Å². The largest absolute Gasteiger partial charge is 0.309 e. The minimum Gasteiger partial charge on any atom is -0.309 e. The van der Waals surface area contributed by atoms with Crippen molar-refractivity contribution in [2.45, 2.75) is 58.9 Å². The first kappa shape index (κ1) is 17.0. The van der Waals surface area contributed by atoms with Crippen molar-refractivity contribution in [2.24, 2.45) is 0 Å². The average molecular weight is 301 g/mol. The first-order valence-corrected chi connectivity index (χ1v) is 9.27. The Morgan fingerprint density at radius 3 is 2.53 bits per heavy atom. The predicted molar refractivity (Wildman–Crippen MR) is 89.6 cm³/mol. The molecule has 0 aromatic carbocycles. The number of hydrogen-bond donors (Lipinski definition) is 1. The van der Waals surface area contributed by atoms with Crippen LogP contribution >= 0.6 is 23.1 Å². The molecule has 110 valence electrons. The summed E-state index contributed by atoms with van der Waals surface area (Å²) in [6.45, 7) is 12.2. The molecule has 0 amide bonds. The molecule has 0 aliphatic carbocycles. The van der Waals surface area contributed by atoms with Crippen molar-refractivity contribution in [1.82, 2.24) is 10.3 Å². The summed E-state index contributed by atoms with van der Waals surface area (Å²) >= 11 is 3.79. The molecule has 0 radical (unpaired) electrons. The molecule has 0 spiro atoms. The molecular weight excluding hydrogens is 272 g/mol. The summed E-state index contributed by atoms with van der Waals surface area (Å²) in [5, 5.41) is 4.87. The first-order chi connectivity index (χ1) is 8.86. The molecule has 0 aliphatic heterocycles. The number of hydrogen-bond acceptors (Lipinski definition) is 4. The third-order valence-corrected chi connectivity index (χ3v) is 5.56. The molecule has 2 nitrogen and oxygen atoms in total. The zero-order valence-corrected chi connectivity index (χ0v) is 14.8. The van der Waals surface area contributed by atoms with Gasteiger partial charge >= 0.3 is 0 Å². The van der Waals surface area contributed by atoms with Crippen LogP contribution in [0.5, 0.6) is 0 Å². The molecule has 19 heavy (non-hydrogen) atoms. The van der Waals surface area contributed by atoms with Gasteiger partial charge in [-0.25, -0.2) is 4.98 Å². The van der Waals surface area contributed by atoms with Gasteiger partial charge in [-0.2, -0.15) is 11.8 Å². The van der Waals surface area contributed by atoms with Gasteiger partial charge in [-0.3, -0.25) is 0 Å². The third kappa shape index (κ3) is 5.44. The highest BCUT2D eigenvalue weighted by Crippen LogP contribution is 2.32. The van der Waals surface area contributed by atoms with Crippen molar-refractivity contribution in [2.75, 3.05) is 18.6 Å². The van der Waals surface area contributed by atoms with Gasteiger partial charge in [0.1, 0.15) is 0 Å². The number of nitrogens with zero attached hydrogens (tertiary/aromatic N) is 1. The Morgan fingerprint density at radius 2 is 2.00 bits per heavy atom. The van der Waals surface area contributed by atoms with Gasteiger partial charge in [0.25, 0.3) is 0 Å². The van der Waals surface area contributed by atoms with Gasteiger partial charge in [0.05, 0.1) is 10.7 Å². The average Bonchev–Trinajstić information content (AvgIpc) is 2.70. The van der Waals surface area contributed by atoms with Crippen molar-refractivity contribution in [1.29, 1.82) is 0 Å². The third-order valence-electron chi connectivity index (χ3n) is 3.09. The number of unbranched alkanes of at least 4 members (excludes halogenated alkanes) is 1. The number of nitrogens with one attached hydrogen (secondary N) is 1. The predicted octanol–water partition coefficient (Wildman–Crippen LogP) is 4.54. The van der Waals surface area contributed by atoms with Crippen molar-refractivity contribution >= 4 is 23.1 Å². The quantitative estimate of drug-likeness (QED) is 0.748. The number of aromatic nitrogens is 1. The second kappa shape index (κ2) is 7.65.